The molecule has 1 aliphatic rings. The third-order valence-electron chi connectivity index (χ3n) is 3.93. The summed E-state index contributed by atoms with van der Waals surface area (Å²) < 4.78 is 5.64. The van der Waals surface area contributed by atoms with E-state index in [1.807, 2.05) is 0 Å². The van der Waals surface area contributed by atoms with E-state index in [0.717, 1.165) is 39.3 Å². The minimum atomic E-state index is 0.483. The quantitative estimate of drug-likeness (QED) is 0.864. The Morgan fingerprint density at radius 3 is 2.60 bits per heavy atom. The van der Waals surface area contributed by atoms with E-state index in [9.17, 15) is 0 Å². The van der Waals surface area contributed by atoms with Crippen molar-refractivity contribution in [3.8, 4) is 0 Å². The highest BCUT2D eigenvalue weighted by atomic mass is 16.5. The van der Waals surface area contributed by atoms with Crippen molar-refractivity contribution in [3.63, 3.8) is 0 Å². The van der Waals surface area contributed by atoms with Gasteiger partial charge in [-0.3, -0.25) is 4.90 Å². The summed E-state index contributed by atoms with van der Waals surface area (Å²) in [5, 5.41) is 3.53. The van der Waals surface area contributed by atoms with Crippen LogP contribution < -0.4 is 5.32 Å². The summed E-state index contributed by atoms with van der Waals surface area (Å²) in [4.78, 5) is 2.54. The van der Waals surface area contributed by atoms with Gasteiger partial charge in [-0.1, -0.05) is 45.0 Å². The first-order valence-corrected chi connectivity index (χ1v) is 7.82. The van der Waals surface area contributed by atoms with Gasteiger partial charge >= 0.3 is 0 Å². The Balaban J connectivity index is 1.93. The minimum absolute atomic E-state index is 0.483. The molecule has 0 bridgehead atoms. The van der Waals surface area contributed by atoms with Gasteiger partial charge < -0.3 is 10.1 Å². The molecule has 3 nitrogen and oxygen atoms in total. The molecular formula is C17H28N2O. The molecule has 1 heterocycles. The zero-order chi connectivity index (χ0) is 14.4. The Kier molecular flexibility index (Phi) is 6.02. The van der Waals surface area contributed by atoms with Crippen molar-refractivity contribution in [2.75, 3.05) is 26.3 Å². The lowest BCUT2D eigenvalue weighted by Crippen LogP contribution is -2.50. The van der Waals surface area contributed by atoms with Gasteiger partial charge in [0.05, 0.1) is 13.2 Å². The van der Waals surface area contributed by atoms with Crippen LogP contribution in [0.4, 0.5) is 0 Å². The molecule has 1 aromatic carbocycles. The van der Waals surface area contributed by atoms with E-state index in [0.29, 0.717) is 12.1 Å². The van der Waals surface area contributed by atoms with Crippen LogP contribution in [0.25, 0.3) is 0 Å². The van der Waals surface area contributed by atoms with Crippen LogP contribution in [0, 0.1) is 0 Å². The Bertz CT molecular complexity index is 388. The highest BCUT2D eigenvalue weighted by Crippen LogP contribution is 2.13. The first kappa shape index (κ1) is 15.5. The first-order valence-electron chi connectivity index (χ1n) is 7.82. The number of rotatable bonds is 6. The maximum Gasteiger partial charge on any atom is 0.0635 e. The van der Waals surface area contributed by atoms with E-state index in [2.05, 4.69) is 55.3 Å². The lowest BCUT2D eigenvalue weighted by atomic mass is 10.1. The number of ether oxygens (including phenoxy) is 1. The second-order valence-electron chi connectivity index (χ2n) is 5.93. The molecule has 1 saturated heterocycles. The molecule has 1 unspecified atom stereocenters. The molecule has 2 rings (SSSR count). The third-order valence-corrected chi connectivity index (χ3v) is 3.93. The maximum absolute atomic E-state index is 5.64. The second kappa shape index (κ2) is 7.77. The van der Waals surface area contributed by atoms with Gasteiger partial charge in [0, 0.05) is 31.7 Å². The summed E-state index contributed by atoms with van der Waals surface area (Å²) in [5.41, 5.74) is 2.81. The van der Waals surface area contributed by atoms with Gasteiger partial charge in [0.25, 0.3) is 0 Å². The maximum atomic E-state index is 5.64. The topological polar surface area (TPSA) is 24.5 Å². The standard InChI is InChI=1S/C17H28N2O/c1-4-15-5-7-16(8-6-15)12-19-9-10-20-13-17(19)11-18-14(2)3/h5-8,14,17-18H,4,9-13H2,1-3H3. The van der Waals surface area contributed by atoms with Crippen LogP contribution in [0.15, 0.2) is 24.3 Å². The molecule has 1 N–H and O–H groups in total. The summed E-state index contributed by atoms with van der Waals surface area (Å²) in [5.74, 6) is 0. The van der Waals surface area contributed by atoms with Crippen LogP contribution in [0.5, 0.6) is 0 Å². The van der Waals surface area contributed by atoms with Crippen molar-refractivity contribution >= 4 is 0 Å². The van der Waals surface area contributed by atoms with Crippen LogP contribution >= 0.6 is 0 Å². The molecule has 0 amide bonds. The summed E-state index contributed by atoms with van der Waals surface area (Å²) in [6.45, 7) is 11.3. The number of benzene rings is 1. The molecule has 20 heavy (non-hydrogen) atoms. The van der Waals surface area contributed by atoms with Gasteiger partial charge in [0.1, 0.15) is 0 Å². The molecule has 1 aromatic rings. The van der Waals surface area contributed by atoms with Crippen molar-refractivity contribution in [2.24, 2.45) is 0 Å². The smallest absolute Gasteiger partial charge is 0.0635 e. The molecule has 1 aliphatic heterocycles. The Labute approximate surface area is 123 Å². The summed E-state index contributed by atoms with van der Waals surface area (Å²) in [6.07, 6.45) is 1.11. The van der Waals surface area contributed by atoms with Crippen molar-refractivity contribution in [1.29, 1.82) is 0 Å². The van der Waals surface area contributed by atoms with Gasteiger partial charge in [-0.05, 0) is 17.5 Å². The molecule has 1 fully saturated rings. The fourth-order valence-electron chi connectivity index (χ4n) is 2.57. The van der Waals surface area contributed by atoms with Crippen LogP contribution in [-0.4, -0.2) is 43.3 Å². The molecule has 1 atom stereocenters. The van der Waals surface area contributed by atoms with Gasteiger partial charge in [0.15, 0.2) is 0 Å². The van der Waals surface area contributed by atoms with Crippen molar-refractivity contribution in [1.82, 2.24) is 10.2 Å². The lowest BCUT2D eigenvalue weighted by Gasteiger charge is -2.36. The number of hydrogen-bond acceptors (Lipinski definition) is 3. The zero-order valence-corrected chi connectivity index (χ0v) is 13.1. The molecule has 0 saturated carbocycles. The van der Waals surface area contributed by atoms with Gasteiger partial charge in [-0.15, -0.1) is 0 Å². The Morgan fingerprint density at radius 2 is 1.95 bits per heavy atom. The molecule has 0 radical (unpaired) electrons. The predicted octanol–water partition coefficient (Wildman–Crippen LogP) is 2.45. The fraction of sp³-hybridized carbons (Fsp3) is 0.647. The molecular weight excluding hydrogens is 248 g/mol. The molecule has 0 aromatic heterocycles. The Morgan fingerprint density at radius 1 is 1.25 bits per heavy atom. The van der Waals surface area contributed by atoms with E-state index in [1.54, 1.807) is 0 Å². The number of nitrogens with zero attached hydrogens (tertiary/aromatic N) is 1. The summed E-state index contributed by atoms with van der Waals surface area (Å²) in [7, 11) is 0. The van der Waals surface area contributed by atoms with E-state index in [-0.39, 0.29) is 0 Å². The van der Waals surface area contributed by atoms with Crippen molar-refractivity contribution in [2.45, 2.75) is 45.8 Å². The van der Waals surface area contributed by atoms with E-state index < -0.39 is 0 Å². The number of morpholine rings is 1. The average Bonchev–Trinajstić information content (AvgIpc) is 2.47. The molecule has 112 valence electrons. The van der Waals surface area contributed by atoms with Gasteiger partial charge in [-0.25, -0.2) is 0 Å². The zero-order valence-electron chi connectivity index (χ0n) is 13.1. The highest BCUT2D eigenvalue weighted by molar-refractivity contribution is 5.22. The first-order chi connectivity index (χ1) is 9.69. The highest BCUT2D eigenvalue weighted by Gasteiger charge is 2.22. The average molecular weight is 276 g/mol. The van der Waals surface area contributed by atoms with E-state index >= 15 is 0 Å². The van der Waals surface area contributed by atoms with Gasteiger partial charge in [0.2, 0.25) is 0 Å². The molecule has 0 aliphatic carbocycles. The lowest BCUT2D eigenvalue weighted by molar-refractivity contribution is -0.0114. The summed E-state index contributed by atoms with van der Waals surface area (Å²) >= 11 is 0. The van der Waals surface area contributed by atoms with E-state index in [1.165, 1.54) is 11.1 Å². The Hall–Kier alpha value is -0.900. The molecule has 0 spiro atoms. The third kappa shape index (κ3) is 4.58. The molecule has 3 heteroatoms. The largest absolute Gasteiger partial charge is 0.378 e. The number of nitrogens with one attached hydrogen (secondary N) is 1. The van der Waals surface area contributed by atoms with Crippen LogP contribution in [0.2, 0.25) is 0 Å². The van der Waals surface area contributed by atoms with Crippen LogP contribution in [0.1, 0.15) is 31.9 Å². The van der Waals surface area contributed by atoms with Crippen LogP contribution in [0.3, 0.4) is 0 Å². The van der Waals surface area contributed by atoms with Gasteiger partial charge in [-0.2, -0.15) is 0 Å². The summed E-state index contributed by atoms with van der Waals surface area (Å²) in [6, 6.07) is 10.0. The normalized spacial score (nSPS) is 20.5. The van der Waals surface area contributed by atoms with Crippen molar-refractivity contribution < 1.29 is 4.74 Å². The monoisotopic (exact) mass is 276 g/mol. The number of hydrogen-bond donors (Lipinski definition) is 1. The predicted molar refractivity (Wildman–Crippen MR) is 84.0 cm³/mol. The van der Waals surface area contributed by atoms with Crippen molar-refractivity contribution in [3.05, 3.63) is 35.4 Å². The van der Waals surface area contributed by atoms with Crippen LogP contribution in [-0.2, 0) is 17.7 Å². The SMILES string of the molecule is CCc1ccc(CN2CCOCC2CNC(C)C)cc1. The fourth-order valence-corrected chi connectivity index (χ4v) is 2.57. The minimum Gasteiger partial charge on any atom is -0.378 e. The van der Waals surface area contributed by atoms with E-state index in [4.69, 9.17) is 4.74 Å². The second-order valence-corrected chi connectivity index (χ2v) is 5.93. The number of aryl methyl sites for hydroxylation is 1.